The first-order valence-electron chi connectivity index (χ1n) is 10.5. The van der Waals surface area contributed by atoms with Crippen LogP contribution in [0.5, 0.6) is 0 Å². The number of fused-ring (bicyclic) bond motifs is 1. The molecule has 9 heteroatoms. The Kier molecular flexibility index (Phi) is 5.31. The van der Waals surface area contributed by atoms with E-state index in [0.717, 1.165) is 0 Å². The van der Waals surface area contributed by atoms with Gasteiger partial charge in [-0.15, -0.1) is 0 Å². The minimum atomic E-state index is -1.16. The maximum atomic E-state index is 13.6. The second-order valence-corrected chi connectivity index (χ2v) is 9.47. The fourth-order valence-corrected chi connectivity index (χ4v) is 6.04. The number of likely N-dealkylation sites (tertiary alicyclic amines) is 1. The molecule has 0 aliphatic carbocycles. The lowest BCUT2D eigenvalue weighted by Gasteiger charge is -2.36. The van der Waals surface area contributed by atoms with E-state index in [1.807, 2.05) is 13.8 Å². The van der Waals surface area contributed by atoms with E-state index in [4.69, 9.17) is 16.3 Å². The van der Waals surface area contributed by atoms with Crippen LogP contribution in [0.1, 0.15) is 27.2 Å². The predicted octanol–water partition coefficient (Wildman–Crippen LogP) is 1.42. The lowest BCUT2D eigenvalue weighted by atomic mass is 9.62. The van der Waals surface area contributed by atoms with Crippen molar-refractivity contribution < 1.29 is 24.2 Å². The Morgan fingerprint density at radius 3 is 2.65 bits per heavy atom. The van der Waals surface area contributed by atoms with Gasteiger partial charge in [-0.2, -0.15) is 0 Å². The number of benzene rings is 1. The fourth-order valence-electron chi connectivity index (χ4n) is 5.86. The van der Waals surface area contributed by atoms with Crippen molar-refractivity contribution in [2.45, 2.75) is 50.5 Å². The van der Waals surface area contributed by atoms with Crippen molar-refractivity contribution in [1.82, 2.24) is 10.2 Å². The summed E-state index contributed by atoms with van der Waals surface area (Å²) < 4.78 is 6.52. The molecule has 8 nitrogen and oxygen atoms in total. The van der Waals surface area contributed by atoms with Gasteiger partial charge in [-0.3, -0.25) is 14.4 Å². The summed E-state index contributed by atoms with van der Waals surface area (Å²) in [4.78, 5) is 41.5. The molecular formula is C22H28ClN3O5. The number of carbonyl (C=O) groups is 3. The lowest BCUT2D eigenvalue weighted by Crippen LogP contribution is -2.56. The van der Waals surface area contributed by atoms with Gasteiger partial charge in [0.15, 0.2) is 0 Å². The topological polar surface area (TPSA) is 108 Å². The van der Waals surface area contributed by atoms with Crippen molar-refractivity contribution in [2.75, 3.05) is 19.0 Å². The number of nitrogens with zero attached hydrogens (tertiary/aromatic N) is 1. The maximum absolute atomic E-state index is 13.6. The molecule has 2 bridgehead atoms. The van der Waals surface area contributed by atoms with Crippen LogP contribution in [0.4, 0.5) is 5.69 Å². The van der Waals surface area contributed by atoms with Crippen LogP contribution in [0.3, 0.4) is 0 Å². The minimum absolute atomic E-state index is 0.0427. The van der Waals surface area contributed by atoms with Crippen LogP contribution >= 0.6 is 11.6 Å². The zero-order valence-electron chi connectivity index (χ0n) is 18.0. The molecule has 3 aliphatic rings. The van der Waals surface area contributed by atoms with E-state index < -0.39 is 41.0 Å². The van der Waals surface area contributed by atoms with Crippen molar-refractivity contribution in [3.05, 3.63) is 29.3 Å². The monoisotopic (exact) mass is 449 g/mol. The number of para-hydroxylation sites is 1. The molecule has 3 amide bonds. The number of nitrogens with one attached hydrogen (secondary N) is 2. The first-order valence-corrected chi connectivity index (χ1v) is 10.9. The smallest absolute Gasteiger partial charge is 0.250 e. The van der Waals surface area contributed by atoms with Gasteiger partial charge in [0.05, 0.1) is 40.8 Å². The molecule has 0 aromatic heterocycles. The van der Waals surface area contributed by atoms with E-state index in [2.05, 4.69) is 10.6 Å². The molecular weight excluding hydrogens is 422 g/mol. The van der Waals surface area contributed by atoms with Crippen molar-refractivity contribution in [2.24, 2.45) is 17.8 Å². The van der Waals surface area contributed by atoms with Crippen LogP contribution in [0.25, 0.3) is 0 Å². The van der Waals surface area contributed by atoms with Crippen molar-refractivity contribution in [1.29, 1.82) is 0 Å². The Labute approximate surface area is 186 Å². The molecule has 3 saturated heterocycles. The average Bonchev–Trinajstić information content (AvgIpc) is 3.25. The van der Waals surface area contributed by atoms with Gasteiger partial charge in [-0.1, -0.05) is 30.7 Å². The Morgan fingerprint density at radius 2 is 2.03 bits per heavy atom. The van der Waals surface area contributed by atoms with Gasteiger partial charge < -0.3 is 25.4 Å². The highest BCUT2D eigenvalue weighted by atomic mass is 35.5. The van der Waals surface area contributed by atoms with Gasteiger partial charge in [0.25, 0.3) is 0 Å². The standard InChI is InChI=1S/C22H28ClN3O5/c1-11-9-22-16(15(18(28)24-4)21(11,3)31-22)20(30)26(12(2)10-27)17(22)19(29)25-14-8-6-5-7-13(14)23/h5-8,11-12,15-17,27H,9-10H2,1-4H3,(H,24,28)(H,25,29)/t11?,12-,15-,16+,17?,21+,22?/m1/s1. The third-order valence-corrected chi connectivity index (χ3v) is 7.73. The normalized spacial score (nSPS) is 37.0. The van der Waals surface area contributed by atoms with Gasteiger partial charge in [-0.25, -0.2) is 0 Å². The summed E-state index contributed by atoms with van der Waals surface area (Å²) in [6.07, 6.45) is 0.461. The molecule has 31 heavy (non-hydrogen) atoms. The molecule has 7 atom stereocenters. The van der Waals surface area contributed by atoms with E-state index >= 15 is 0 Å². The first-order chi connectivity index (χ1) is 14.6. The summed E-state index contributed by atoms with van der Waals surface area (Å²) in [5, 5.41) is 15.7. The molecule has 4 rings (SSSR count). The van der Waals surface area contributed by atoms with E-state index in [0.29, 0.717) is 17.1 Å². The predicted molar refractivity (Wildman–Crippen MR) is 114 cm³/mol. The van der Waals surface area contributed by atoms with Crippen LogP contribution in [0.15, 0.2) is 24.3 Å². The highest BCUT2D eigenvalue weighted by molar-refractivity contribution is 6.33. The molecule has 3 heterocycles. The molecule has 3 fully saturated rings. The Bertz CT molecular complexity index is 941. The number of halogens is 1. The highest BCUT2D eigenvalue weighted by Gasteiger charge is 2.80. The molecule has 3 aliphatic heterocycles. The van der Waals surface area contributed by atoms with Crippen LogP contribution < -0.4 is 10.6 Å². The average molecular weight is 450 g/mol. The van der Waals surface area contributed by atoms with Gasteiger partial charge in [-0.05, 0) is 38.3 Å². The molecule has 3 unspecified atom stereocenters. The second-order valence-electron chi connectivity index (χ2n) is 9.06. The molecule has 168 valence electrons. The number of amides is 3. The number of carbonyl (C=O) groups excluding carboxylic acids is 3. The summed E-state index contributed by atoms with van der Waals surface area (Å²) in [5.41, 5.74) is -1.59. The fraction of sp³-hybridized carbons (Fsp3) is 0.591. The van der Waals surface area contributed by atoms with E-state index in [1.54, 1.807) is 31.2 Å². The maximum Gasteiger partial charge on any atom is 0.250 e. The SMILES string of the molecule is CNC(=O)[C@H]1[C@H]2C(=O)N([C@H](C)CO)C(C(=O)Nc3ccccc3Cl)C23CC(C)[C@]1(C)O3. The molecule has 3 N–H and O–H groups in total. The summed E-state index contributed by atoms with van der Waals surface area (Å²) in [6.45, 7) is 5.19. The number of rotatable bonds is 5. The number of anilines is 1. The quantitative estimate of drug-likeness (QED) is 0.630. The summed E-state index contributed by atoms with van der Waals surface area (Å²) in [6, 6.07) is 5.22. The van der Waals surface area contributed by atoms with Crippen molar-refractivity contribution >= 4 is 35.0 Å². The number of ether oxygens (including phenoxy) is 1. The Morgan fingerprint density at radius 1 is 1.35 bits per heavy atom. The van der Waals surface area contributed by atoms with Crippen LogP contribution in [0.2, 0.25) is 5.02 Å². The van der Waals surface area contributed by atoms with Crippen LogP contribution in [-0.2, 0) is 19.1 Å². The van der Waals surface area contributed by atoms with Crippen molar-refractivity contribution in [3.8, 4) is 0 Å². The molecule has 1 aromatic carbocycles. The number of aliphatic hydroxyl groups excluding tert-OH is 1. The van der Waals surface area contributed by atoms with Crippen LogP contribution in [0, 0.1) is 17.8 Å². The number of aliphatic hydroxyl groups is 1. The number of hydrogen-bond donors (Lipinski definition) is 3. The van der Waals surface area contributed by atoms with E-state index in [1.165, 1.54) is 11.9 Å². The summed E-state index contributed by atoms with van der Waals surface area (Å²) >= 11 is 6.23. The largest absolute Gasteiger partial charge is 0.394 e. The van der Waals surface area contributed by atoms with E-state index in [9.17, 15) is 19.5 Å². The lowest BCUT2D eigenvalue weighted by molar-refractivity contribution is -0.148. The second kappa shape index (κ2) is 7.46. The number of hydrogen-bond acceptors (Lipinski definition) is 5. The third-order valence-electron chi connectivity index (χ3n) is 7.40. The van der Waals surface area contributed by atoms with E-state index in [-0.39, 0.29) is 24.3 Å². The molecule has 0 saturated carbocycles. The zero-order valence-corrected chi connectivity index (χ0v) is 18.8. The van der Waals surface area contributed by atoms with Crippen molar-refractivity contribution in [3.63, 3.8) is 0 Å². The Hall–Kier alpha value is -2.16. The molecule has 1 spiro atoms. The molecule has 0 radical (unpaired) electrons. The minimum Gasteiger partial charge on any atom is -0.394 e. The highest BCUT2D eigenvalue weighted by Crippen LogP contribution is 2.65. The summed E-state index contributed by atoms with van der Waals surface area (Å²) in [5.74, 6) is -2.63. The summed E-state index contributed by atoms with van der Waals surface area (Å²) in [7, 11) is 1.53. The molecule has 1 aromatic rings. The first kappa shape index (κ1) is 22.0. The van der Waals surface area contributed by atoms with Gasteiger partial charge in [0.2, 0.25) is 17.7 Å². The Balaban J connectivity index is 1.81. The van der Waals surface area contributed by atoms with Gasteiger partial charge >= 0.3 is 0 Å². The zero-order chi connectivity index (χ0) is 22.7. The third kappa shape index (κ3) is 2.92. The van der Waals surface area contributed by atoms with Gasteiger partial charge in [0.1, 0.15) is 11.6 Å². The van der Waals surface area contributed by atoms with Crippen LogP contribution in [-0.4, -0.2) is 64.7 Å². The van der Waals surface area contributed by atoms with Gasteiger partial charge in [0, 0.05) is 7.05 Å².